The van der Waals surface area contributed by atoms with E-state index in [0.29, 0.717) is 0 Å². The van der Waals surface area contributed by atoms with Crippen LogP contribution in [-0.4, -0.2) is 28.1 Å². The van der Waals surface area contributed by atoms with Crippen molar-refractivity contribution in [3.05, 3.63) is 18.0 Å². The van der Waals surface area contributed by atoms with Gasteiger partial charge in [0.05, 0.1) is 6.54 Å². The van der Waals surface area contributed by atoms with E-state index in [9.17, 15) is 18.0 Å². The number of rotatable bonds is 4. The number of aromatic nitrogens is 2. The number of hydrogen-bond donors (Lipinski definition) is 1. The Kier molecular flexibility index (Phi) is 4.17. The van der Waals surface area contributed by atoms with E-state index in [1.54, 1.807) is 0 Å². The van der Waals surface area contributed by atoms with Crippen LogP contribution in [0, 0.1) is 0 Å². The molecule has 0 atom stereocenters. The van der Waals surface area contributed by atoms with Gasteiger partial charge in [-0.1, -0.05) is 0 Å². The molecule has 1 aromatic rings. The summed E-state index contributed by atoms with van der Waals surface area (Å²) in [6.45, 7) is 0.350. The Bertz CT molecular complexity index is 364. The molecule has 0 aliphatic heterocycles. The molecule has 0 unspecified atom stereocenters. The zero-order chi connectivity index (χ0) is 12.2. The molecule has 1 amide bonds. The van der Waals surface area contributed by atoms with E-state index in [1.807, 2.05) is 0 Å². The van der Waals surface area contributed by atoms with Crippen LogP contribution in [0.2, 0.25) is 0 Å². The molecule has 8 heteroatoms. The number of halogens is 4. The average molecular weight is 256 g/mol. The maximum atomic E-state index is 12.1. The second-order valence-corrected chi connectivity index (χ2v) is 3.21. The lowest BCUT2D eigenvalue weighted by Gasteiger charge is -2.04. The maximum Gasteiger partial charge on any atom is 0.435 e. The summed E-state index contributed by atoms with van der Waals surface area (Å²) in [5, 5.41) is 5.73. The number of nitrogens with zero attached hydrogens (tertiary/aromatic N) is 2. The first-order valence-electron chi connectivity index (χ1n) is 4.37. The molecule has 0 aliphatic carbocycles. The molecule has 0 saturated carbocycles. The highest BCUT2D eigenvalue weighted by atomic mass is 35.5. The van der Waals surface area contributed by atoms with Gasteiger partial charge in [-0.25, -0.2) is 0 Å². The summed E-state index contributed by atoms with van der Waals surface area (Å²) < 4.78 is 37.5. The van der Waals surface area contributed by atoms with Gasteiger partial charge in [-0.05, 0) is 6.07 Å². The van der Waals surface area contributed by atoms with E-state index in [2.05, 4.69) is 10.4 Å². The highest BCUT2D eigenvalue weighted by Gasteiger charge is 2.33. The normalized spacial score (nSPS) is 11.5. The second-order valence-electron chi connectivity index (χ2n) is 2.95. The van der Waals surface area contributed by atoms with Crippen LogP contribution in [0.5, 0.6) is 0 Å². The van der Waals surface area contributed by atoms with Gasteiger partial charge in [0.15, 0.2) is 5.69 Å². The van der Waals surface area contributed by atoms with Crippen molar-refractivity contribution in [3.63, 3.8) is 0 Å². The molecule has 1 aromatic heterocycles. The fraction of sp³-hybridized carbons (Fsp3) is 0.500. The third-order valence-electron chi connectivity index (χ3n) is 1.72. The van der Waals surface area contributed by atoms with Crippen LogP contribution in [0.25, 0.3) is 0 Å². The quantitative estimate of drug-likeness (QED) is 0.824. The molecule has 1 N–H and O–H groups in total. The van der Waals surface area contributed by atoms with Crippen molar-refractivity contribution < 1.29 is 18.0 Å². The van der Waals surface area contributed by atoms with Crippen LogP contribution in [0.1, 0.15) is 5.69 Å². The molecule has 16 heavy (non-hydrogen) atoms. The summed E-state index contributed by atoms with van der Waals surface area (Å²) in [4.78, 5) is 10.7. The number of hydrogen-bond acceptors (Lipinski definition) is 2. The Hall–Kier alpha value is -1.24. The monoisotopic (exact) mass is 255 g/mol. The van der Waals surface area contributed by atoms with Crippen LogP contribution in [0.4, 0.5) is 13.2 Å². The molecule has 1 heterocycles. The first-order chi connectivity index (χ1) is 7.43. The van der Waals surface area contributed by atoms with Crippen molar-refractivity contribution in [2.45, 2.75) is 12.7 Å². The molecule has 0 spiro atoms. The van der Waals surface area contributed by atoms with Crippen LogP contribution >= 0.6 is 11.6 Å². The summed E-state index contributed by atoms with van der Waals surface area (Å²) in [7, 11) is 0. The van der Waals surface area contributed by atoms with Gasteiger partial charge >= 0.3 is 6.18 Å². The lowest BCUT2D eigenvalue weighted by atomic mass is 10.4. The van der Waals surface area contributed by atoms with E-state index in [0.717, 1.165) is 10.7 Å². The molecule has 0 saturated heterocycles. The van der Waals surface area contributed by atoms with Gasteiger partial charge in [-0.15, -0.1) is 11.6 Å². The summed E-state index contributed by atoms with van der Waals surface area (Å²) in [6, 6.07) is 0.878. The van der Waals surface area contributed by atoms with Crippen molar-refractivity contribution in [1.29, 1.82) is 0 Å². The molecular weight excluding hydrogens is 247 g/mol. The minimum atomic E-state index is -4.44. The Balaban J connectivity index is 2.44. The standard InChI is InChI=1S/C8H9ClF3N3O/c9-5-7(16)13-2-4-15-3-1-6(14-15)8(10,11)12/h1,3H,2,4-5H2,(H,13,16). The van der Waals surface area contributed by atoms with Crippen molar-refractivity contribution in [2.75, 3.05) is 12.4 Å². The zero-order valence-electron chi connectivity index (χ0n) is 8.09. The van der Waals surface area contributed by atoms with Gasteiger partial charge in [-0.2, -0.15) is 18.3 Å². The topological polar surface area (TPSA) is 46.9 Å². The van der Waals surface area contributed by atoms with Gasteiger partial charge < -0.3 is 5.32 Å². The molecule has 0 aromatic carbocycles. The average Bonchev–Trinajstić information content (AvgIpc) is 2.65. The van der Waals surface area contributed by atoms with E-state index < -0.39 is 11.9 Å². The predicted octanol–water partition coefficient (Wildman–Crippen LogP) is 1.26. The largest absolute Gasteiger partial charge is 0.435 e. The van der Waals surface area contributed by atoms with Crippen molar-refractivity contribution in [3.8, 4) is 0 Å². The van der Waals surface area contributed by atoms with Crippen LogP contribution in [-0.2, 0) is 17.5 Å². The Morgan fingerprint density at radius 3 is 2.75 bits per heavy atom. The van der Waals surface area contributed by atoms with Crippen molar-refractivity contribution in [1.82, 2.24) is 15.1 Å². The Morgan fingerprint density at radius 2 is 2.25 bits per heavy atom. The van der Waals surface area contributed by atoms with Crippen molar-refractivity contribution in [2.24, 2.45) is 0 Å². The number of carbonyl (C=O) groups excluding carboxylic acids is 1. The van der Waals surface area contributed by atoms with Crippen LogP contribution in [0.3, 0.4) is 0 Å². The number of alkyl halides is 4. The van der Waals surface area contributed by atoms with E-state index >= 15 is 0 Å². The first-order valence-corrected chi connectivity index (χ1v) is 4.90. The molecule has 0 bridgehead atoms. The lowest BCUT2D eigenvalue weighted by molar-refractivity contribution is -0.141. The molecule has 0 radical (unpaired) electrons. The third-order valence-corrected chi connectivity index (χ3v) is 1.96. The predicted molar refractivity (Wildman–Crippen MR) is 51.0 cm³/mol. The summed E-state index contributed by atoms with van der Waals surface area (Å²) >= 11 is 5.21. The van der Waals surface area contributed by atoms with E-state index in [1.165, 1.54) is 6.20 Å². The van der Waals surface area contributed by atoms with Gasteiger partial charge in [0.2, 0.25) is 5.91 Å². The van der Waals surface area contributed by atoms with Gasteiger partial charge in [-0.3, -0.25) is 9.48 Å². The third kappa shape index (κ3) is 3.73. The SMILES string of the molecule is O=C(CCl)NCCn1ccc(C(F)(F)F)n1. The number of nitrogens with one attached hydrogen (secondary N) is 1. The molecule has 4 nitrogen and oxygen atoms in total. The van der Waals surface area contributed by atoms with Crippen LogP contribution in [0.15, 0.2) is 12.3 Å². The highest BCUT2D eigenvalue weighted by Crippen LogP contribution is 2.26. The summed E-state index contributed by atoms with van der Waals surface area (Å²) in [5.41, 5.74) is -0.948. The number of carbonyl (C=O) groups is 1. The molecule has 0 aliphatic rings. The minimum Gasteiger partial charge on any atom is -0.353 e. The Morgan fingerprint density at radius 1 is 1.56 bits per heavy atom. The van der Waals surface area contributed by atoms with Gasteiger partial charge in [0.1, 0.15) is 5.88 Å². The minimum absolute atomic E-state index is 0.165. The fourth-order valence-electron chi connectivity index (χ4n) is 0.995. The van der Waals surface area contributed by atoms with Crippen molar-refractivity contribution >= 4 is 17.5 Å². The summed E-state index contributed by atoms with van der Waals surface area (Å²) in [6.07, 6.45) is -3.24. The maximum absolute atomic E-state index is 12.1. The second kappa shape index (κ2) is 5.20. The van der Waals surface area contributed by atoms with E-state index in [4.69, 9.17) is 11.6 Å². The molecule has 1 rings (SSSR count). The van der Waals surface area contributed by atoms with E-state index in [-0.39, 0.29) is 24.9 Å². The lowest BCUT2D eigenvalue weighted by Crippen LogP contribution is -2.28. The van der Waals surface area contributed by atoms with Gasteiger partial charge in [0.25, 0.3) is 0 Å². The zero-order valence-corrected chi connectivity index (χ0v) is 8.85. The van der Waals surface area contributed by atoms with Crippen LogP contribution < -0.4 is 5.32 Å². The first kappa shape index (κ1) is 12.8. The molecule has 90 valence electrons. The fourth-order valence-corrected chi connectivity index (χ4v) is 1.09. The number of amides is 1. The molecular formula is C8H9ClF3N3O. The Labute approximate surface area is 94.4 Å². The highest BCUT2D eigenvalue weighted by molar-refractivity contribution is 6.27. The smallest absolute Gasteiger partial charge is 0.353 e. The summed E-state index contributed by atoms with van der Waals surface area (Å²) in [5.74, 6) is -0.544. The van der Waals surface area contributed by atoms with Gasteiger partial charge in [0, 0.05) is 12.7 Å². The molecule has 0 fully saturated rings.